The molecular weight excluding hydrogens is 426 g/mol. The smallest absolute Gasteiger partial charge is 0.245 e. The number of hydrogen-bond acceptors (Lipinski definition) is 7. The van der Waals surface area contributed by atoms with Crippen molar-refractivity contribution in [2.75, 3.05) is 5.32 Å². The molecule has 2 aromatic heterocycles. The summed E-state index contributed by atoms with van der Waals surface area (Å²) in [5.41, 5.74) is 2.55. The van der Waals surface area contributed by atoms with Gasteiger partial charge in [0, 0.05) is 0 Å². The number of ether oxygens (including phenoxy) is 1. The summed E-state index contributed by atoms with van der Waals surface area (Å²) >= 11 is 0. The molecule has 1 aromatic carbocycles. The molecule has 2 aliphatic carbocycles. The Hall–Kier alpha value is -3.22. The van der Waals surface area contributed by atoms with E-state index in [1.807, 2.05) is 13.0 Å². The van der Waals surface area contributed by atoms with E-state index in [1.54, 1.807) is 18.2 Å². The topological polar surface area (TPSA) is 120 Å². The standard InChI is InChI=1S/C23H23N5O3S/c1-3-17-6-9-20-21(26-17)22(31-18-11-15-10-16(15)12-18)28-23(27-20)25-13(2)14-4-7-19(8-5-14)32(24,29)30/h1,4-9,13,15-16,18H,10-12H2,2H3,(H2,24,29,30)(H,25,27,28)/t13-,15-,16+,18-/m1/s1. The number of primary sulfonamides is 1. The molecule has 164 valence electrons. The van der Waals surface area contributed by atoms with Crippen molar-refractivity contribution in [3.05, 3.63) is 47.7 Å². The van der Waals surface area contributed by atoms with Gasteiger partial charge in [-0.15, -0.1) is 6.42 Å². The van der Waals surface area contributed by atoms with Gasteiger partial charge in [-0.2, -0.15) is 4.98 Å². The number of nitrogens with zero attached hydrogens (tertiary/aromatic N) is 3. The molecule has 8 nitrogen and oxygen atoms in total. The lowest BCUT2D eigenvalue weighted by Crippen LogP contribution is -2.17. The lowest BCUT2D eigenvalue weighted by atomic mass is 10.1. The molecule has 3 aromatic rings. The first-order chi connectivity index (χ1) is 15.3. The zero-order valence-corrected chi connectivity index (χ0v) is 18.3. The number of nitrogens with one attached hydrogen (secondary N) is 1. The van der Waals surface area contributed by atoms with E-state index < -0.39 is 10.0 Å². The van der Waals surface area contributed by atoms with Crippen LogP contribution in [0.25, 0.3) is 11.0 Å². The van der Waals surface area contributed by atoms with E-state index in [-0.39, 0.29) is 17.0 Å². The summed E-state index contributed by atoms with van der Waals surface area (Å²) in [6, 6.07) is 9.75. The van der Waals surface area contributed by atoms with E-state index in [4.69, 9.17) is 16.3 Å². The van der Waals surface area contributed by atoms with Crippen molar-refractivity contribution in [2.24, 2.45) is 17.0 Å². The van der Waals surface area contributed by atoms with Crippen LogP contribution in [-0.4, -0.2) is 29.5 Å². The van der Waals surface area contributed by atoms with Crippen LogP contribution in [0.2, 0.25) is 0 Å². The number of anilines is 1. The quantitative estimate of drug-likeness (QED) is 0.555. The maximum absolute atomic E-state index is 11.5. The third kappa shape index (κ3) is 4.11. The van der Waals surface area contributed by atoms with Gasteiger partial charge in [0.15, 0.2) is 5.52 Å². The fraction of sp³-hybridized carbons (Fsp3) is 0.348. The maximum atomic E-state index is 11.5. The molecule has 9 heteroatoms. The van der Waals surface area contributed by atoms with Gasteiger partial charge < -0.3 is 10.1 Å². The van der Waals surface area contributed by atoms with Crippen LogP contribution >= 0.6 is 0 Å². The minimum absolute atomic E-state index is 0.0658. The number of rotatable bonds is 6. The number of sulfonamides is 1. The SMILES string of the molecule is C#Cc1ccc2nc(N[C@H](C)c3ccc(S(N)(=O)=O)cc3)nc(O[C@H]3C[C@@H]4C[C@@H]4C3)c2n1. The van der Waals surface area contributed by atoms with Gasteiger partial charge in [0.2, 0.25) is 21.9 Å². The van der Waals surface area contributed by atoms with E-state index in [2.05, 4.69) is 26.2 Å². The molecule has 2 heterocycles. The van der Waals surface area contributed by atoms with Crippen molar-refractivity contribution < 1.29 is 13.2 Å². The number of aromatic nitrogens is 3. The predicted octanol–water partition coefficient (Wildman–Crippen LogP) is 3.00. The van der Waals surface area contributed by atoms with Gasteiger partial charge in [-0.3, -0.25) is 0 Å². The summed E-state index contributed by atoms with van der Waals surface area (Å²) in [7, 11) is -3.73. The highest BCUT2D eigenvalue weighted by Crippen LogP contribution is 2.52. The van der Waals surface area contributed by atoms with E-state index in [0.717, 1.165) is 30.2 Å². The van der Waals surface area contributed by atoms with Crippen molar-refractivity contribution in [3.63, 3.8) is 0 Å². The van der Waals surface area contributed by atoms with Gasteiger partial charge in [-0.25, -0.2) is 23.5 Å². The molecule has 2 saturated carbocycles. The third-order valence-corrected chi connectivity index (χ3v) is 7.12. The Morgan fingerprint density at radius 2 is 1.81 bits per heavy atom. The fourth-order valence-corrected chi connectivity index (χ4v) is 4.87. The second kappa shape index (κ2) is 7.73. The average molecular weight is 450 g/mol. The highest BCUT2D eigenvalue weighted by molar-refractivity contribution is 7.89. The minimum atomic E-state index is -3.73. The van der Waals surface area contributed by atoms with Crippen molar-refractivity contribution >= 4 is 27.0 Å². The van der Waals surface area contributed by atoms with Gasteiger partial charge in [0.1, 0.15) is 11.8 Å². The summed E-state index contributed by atoms with van der Waals surface area (Å²) in [4.78, 5) is 13.8. The van der Waals surface area contributed by atoms with E-state index >= 15 is 0 Å². The third-order valence-electron chi connectivity index (χ3n) is 6.19. The normalized spacial score (nSPS) is 22.7. The van der Waals surface area contributed by atoms with Crippen molar-refractivity contribution in [1.82, 2.24) is 15.0 Å². The summed E-state index contributed by atoms with van der Waals surface area (Å²) in [5.74, 6) is 4.93. The summed E-state index contributed by atoms with van der Waals surface area (Å²) in [6.45, 7) is 1.93. The number of pyridine rings is 1. The lowest BCUT2D eigenvalue weighted by molar-refractivity contribution is 0.189. The van der Waals surface area contributed by atoms with Crippen molar-refractivity contribution in [3.8, 4) is 18.2 Å². The Kier molecular flexibility index (Phi) is 4.99. The fourth-order valence-electron chi connectivity index (χ4n) is 4.35. The Labute approximate surface area is 186 Å². The van der Waals surface area contributed by atoms with Crippen LogP contribution in [0.15, 0.2) is 41.3 Å². The van der Waals surface area contributed by atoms with Gasteiger partial charge in [0.05, 0.1) is 16.5 Å². The van der Waals surface area contributed by atoms with E-state index in [9.17, 15) is 8.42 Å². The van der Waals surface area contributed by atoms with Crippen LogP contribution in [0.5, 0.6) is 5.88 Å². The van der Waals surface area contributed by atoms with Gasteiger partial charge in [-0.05, 0) is 67.9 Å². The second-order valence-corrected chi connectivity index (χ2v) is 10.1. The maximum Gasteiger partial charge on any atom is 0.245 e. The van der Waals surface area contributed by atoms with Crippen LogP contribution in [0, 0.1) is 24.2 Å². The Balaban J connectivity index is 1.43. The lowest BCUT2D eigenvalue weighted by Gasteiger charge is -2.18. The first-order valence-corrected chi connectivity index (χ1v) is 12.1. The summed E-state index contributed by atoms with van der Waals surface area (Å²) in [5, 5.41) is 8.45. The number of nitrogens with two attached hydrogens (primary N) is 1. The van der Waals surface area contributed by atoms with Gasteiger partial charge in [-0.1, -0.05) is 18.1 Å². The molecule has 0 spiro atoms. The molecular formula is C23H23N5O3S. The molecule has 32 heavy (non-hydrogen) atoms. The Bertz CT molecular complexity index is 1320. The average Bonchev–Trinajstić information content (AvgIpc) is 3.38. The molecule has 3 N–H and O–H groups in total. The highest BCUT2D eigenvalue weighted by atomic mass is 32.2. The number of hydrogen-bond donors (Lipinski definition) is 2. The van der Waals surface area contributed by atoms with Crippen LogP contribution in [0.1, 0.15) is 43.5 Å². The molecule has 0 amide bonds. The van der Waals surface area contributed by atoms with Gasteiger partial charge in [0.25, 0.3) is 0 Å². The first-order valence-electron chi connectivity index (χ1n) is 10.5. The molecule has 0 aliphatic heterocycles. The Morgan fingerprint density at radius 1 is 1.09 bits per heavy atom. The van der Waals surface area contributed by atoms with Crippen LogP contribution in [0.4, 0.5) is 5.95 Å². The van der Waals surface area contributed by atoms with Crippen molar-refractivity contribution in [1.29, 1.82) is 0 Å². The zero-order valence-electron chi connectivity index (χ0n) is 17.5. The van der Waals surface area contributed by atoms with Gasteiger partial charge >= 0.3 is 0 Å². The van der Waals surface area contributed by atoms with Crippen molar-refractivity contribution in [2.45, 2.75) is 43.2 Å². The molecule has 0 saturated heterocycles. The second-order valence-electron chi connectivity index (χ2n) is 8.51. The van der Waals surface area contributed by atoms with E-state index in [1.165, 1.54) is 18.6 Å². The van der Waals surface area contributed by atoms with E-state index in [0.29, 0.717) is 28.6 Å². The predicted molar refractivity (Wildman–Crippen MR) is 120 cm³/mol. The molecule has 5 rings (SSSR count). The molecule has 2 fully saturated rings. The largest absolute Gasteiger partial charge is 0.473 e. The van der Waals surface area contributed by atoms with Crippen LogP contribution in [0.3, 0.4) is 0 Å². The monoisotopic (exact) mass is 449 g/mol. The van der Waals surface area contributed by atoms with Crippen LogP contribution in [-0.2, 0) is 10.0 Å². The molecule has 4 atom stereocenters. The Morgan fingerprint density at radius 3 is 2.47 bits per heavy atom. The number of terminal acetylenes is 1. The van der Waals surface area contributed by atoms with Crippen LogP contribution < -0.4 is 15.2 Å². The summed E-state index contributed by atoms with van der Waals surface area (Å²) < 4.78 is 29.2. The first kappa shape index (κ1) is 20.7. The number of fused-ring (bicyclic) bond motifs is 2. The summed E-state index contributed by atoms with van der Waals surface area (Å²) in [6.07, 6.45) is 9.04. The minimum Gasteiger partial charge on any atom is -0.473 e. The highest BCUT2D eigenvalue weighted by Gasteiger charge is 2.47. The molecule has 0 unspecified atom stereocenters. The molecule has 0 bridgehead atoms. The molecule has 2 aliphatic rings. The zero-order chi connectivity index (χ0) is 22.5. The molecule has 0 radical (unpaired) electrons. The number of benzene rings is 1.